The molecular formula is C18H19N3O7S2. The Morgan fingerprint density at radius 1 is 1.10 bits per heavy atom. The number of carbonyl (C=O) groups excluding carboxylic acids is 2. The maximum atomic E-state index is 12.9. The number of benzene rings is 1. The summed E-state index contributed by atoms with van der Waals surface area (Å²) in [7, 11) is -2.49. The number of non-ortho nitro benzene ring substituents is 1. The summed E-state index contributed by atoms with van der Waals surface area (Å²) in [4.78, 5) is 37.4. The molecule has 1 aliphatic rings. The van der Waals surface area contributed by atoms with Gasteiger partial charge in [0.15, 0.2) is 0 Å². The molecule has 1 amide bonds. The number of methoxy groups -OCH3 is 1. The molecule has 0 atom stereocenters. The minimum Gasteiger partial charge on any atom is -0.465 e. The van der Waals surface area contributed by atoms with Crippen LogP contribution in [0, 0.1) is 17.0 Å². The van der Waals surface area contributed by atoms with Crippen molar-refractivity contribution >= 4 is 38.9 Å². The molecule has 30 heavy (non-hydrogen) atoms. The number of sulfonamides is 1. The number of nitro groups is 1. The molecule has 160 valence electrons. The second kappa shape index (κ2) is 8.50. The van der Waals surface area contributed by atoms with Gasteiger partial charge in [-0.3, -0.25) is 14.9 Å². The number of esters is 1. The Morgan fingerprint density at radius 2 is 1.73 bits per heavy atom. The Balaban J connectivity index is 1.77. The zero-order valence-electron chi connectivity index (χ0n) is 16.2. The second-order valence-corrected chi connectivity index (χ2v) is 10.0. The minimum absolute atomic E-state index is 0.0326. The van der Waals surface area contributed by atoms with Crippen LogP contribution in [0.15, 0.2) is 34.5 Å². The highest BCUT2D eigenvalue weighted by atomic mass is 32.2. The molecule has 1 saturated heterocycles. The number of thiophene rings is 1. The van der Waals surface area contributed by atoms with Crippen LogP contribution in [-0.4, -0.2) is 67.7 Å². The zero-order chi connectivity index (χ0) is 22.1. The monoisotopic (exact) mass is 453 g/mol. The maximum Gasteiger partial charge on any atom is 0.338 e. The van der Waals surface area contributed by atoms with E-state index in [1.165, 1.54) is 26.6 Å². The molecule has 0 unspecified atom stereocenters. The fraction of sp³-hybridized carbons (Fsp3) is 0.333. The van der Waals surface area contributed by atoms with Crippen molar-refractivity contribution in [3.05, 3.63) is 56.5 Å². The van der Waals surface area contributed by atoms with Crippen molar-refractivity contribution in [3.63, 3.8) is 0 Å². The number of hydrogen-bond donors (Lipinski definition) is 0. The summed E-state index contributed by atoms with van der Waals surface area (Å²) in [5.41, 5.74) is -0.547. The van der Waals surface area contributed by atoms with Gasteiger partial charge in [-0.1, -0.05) is 0 Å². The van der Waals surface area contributed by atoms with E-state index < -0.39 is 32.5 Å². The number of aryl methyl sites for hydroxylation is 1. The van der Waals surface area contributed by atoms with Gasteiger partial charge in [-0.15, -0.1) is 11.3 Å². The van der Waals surface area contributed by atoms with E-state index in [4.69, 9.17) is 0 Å². The molecule has 0 aliphatic carbocycles. The van der Waals surface area contributed by atoms with Crippen LogP contribution in [0.5, 0.6) is 0 Å². The summed E-state index contributed by atoms with van der Waals surface area (Å²) < 4.78 is 31.6. The van der Waals surface area contributed by atoms with Crippen molar-refractivity contribution in [2.45, 2.75) is 11.1 Å². The van der Waals surface area contributed by atoms with Crippen molar-refractivity contribution < 1.29 is 27.7 Å². The topological polar surface area (TPSA) is 127 Å². The molecule has 0 bridgehead atoms. The number of amides is 1. The highest BCUT2D eigenvalue weighted by Crippen LogP contribution is 2.26. The molecule has 12 heteroatoms. The molecule has 10 nitrogen and oxygen atoms in total. The van der Waals surface area contributed by atoms with E-state index in [0.717, 1.165) is 24.1 Å². The second-order valence-electron chi connectivity index (χ2n) is 6.58. The number of hydrogen-bond acceptors (Lipinski definition) is 8. The maximum absolute atomic E-state index is 12.9. The van der Waals surface area contributed by atoms with Gasteiger partial charge in [-0.2, -0.15) is 4.31 Å². The van der Waals surface area contributed by atoms with Crippen LogP contribution in [0.2, 0.25) is 0 Å². The summed E-state index contributed by atoms with van der Waals surface area (Å²) in [5.74, 6) is -1.32. The Kier molecular flexibility index (Phi) is 6.19. The van der Waals surface area contributed by atoms with Gasteiger partial charge in [-0.25, -0.2) is 13.2 Å². The summed E-state index contributed by atoms with van der Waals surface area (Å²) in [5, 5.41) is 11.2. The first kappa shape index (κ1) is 21.9. The lowest BCUT2D eigenvalue weighted by Crippen LogP contribution is -2.50. The highest BCUT2D eigenvalue weighted by Gasteiger charge is 2.32. The van der Waals surface area contributed by atoms with Gasteiger partial charge in [-0.05, 0) is 25.1 Å². The molecule has 0 N–H and O–H groups in total. The third kappa shape index (κ3) is 4.35. The summed E-state index contributed by atoms with van der Waals surface area (Å²) in [6.07, 6.45) is 0. The number of rotatable bonds is 5. The molecule has 2 aromatic rings. The lowest BCUT2D eigenvalue weighted by atomic mass is 10.1. The van der Waals surface area contributed by atoms with E-state index in [0.29, 0.717) is 0 Å². The molecule has 2 heterocycles. The molecule has 1 aliphatic heterocycles. The fourth-order valence-electron chi connectivity index (χ4n) is 3.07. The van der Waals surface area contributed by atoms with E-state index in [2.05, 4.69) is 4.74 Å². The average molecular weight is 453 g/mol. The number of nitro benzene ring substituents is 1. The minimum atomic E-state index is -3.63. The van der Waals surface area contributed by atoms with Crippen molar-refractivity contribution in [2.24, 2.45) is 0 Å². The third-order valence-corrected chi connectivity index (χ3v) is 8.00. The van der Waals surface area contributed by atoms with Crippen LogP contribution in [0.25, 0.3) is 0 Å². The highest BCUT2D eigenvalue weighted by molar-refractivity contribution is 7.91. The largest absolute Gasteiger partial charge is 0.465 e. The lowest BCUT2D eigenvalue weighted by Gasteiger charge is -2.33. The van der Waals surface area contributed by atoms with Gasteiger partial charge < -0.3 is 9.64 Å². The number of nitrogens with zero attached hydrogens (tertiary/aromatic N) is 3. The Morgan fingerprint density at radius 3 is 2.27 bits per heavy atom. The van der Waals surface area contributed by atoms with Crippen LogP contribution in [0.1, 0.15) is 25.6 Å². The van der Waals surface area contributed by atoms with Crippen LogP contribution >= 0.6 is 11.3 Å². The molecule has 1 fully saturated rings. The molecule has 1 aromatic carbocycles. The predicted molar refractivity (Wildman–Crippen MR) is 108 cm³/mol. The molecule has 0 saturated carbocycles. The van der Waals surface area contributed by atoms with Gasteiger partial charge in [0.1, 0.15) is 4.21 Å². The Hall–Kier alpha value is -2.83. The van der Waals surface area contributed by atoms with E-state index >= 15 is 0 Å². The summed E-state index contributed by atoms with van der Waals surface area (Å²) >= 11 is 1.19. The smallest absolute Gasteiger partial charge is 0.338 e. The fourth-order valence-corrected chi connectivity index (χ4v) is 5.93. The van der Waals surface area contributed by atoms with E-state index in [1.54, 1.807) is 12.1 Å². The zero-order valence-corrected chi connectivity index (χ0v) is 17.9. The van der Waals surface area contributed by atoms with Gasteiger partial charge >= 0.3 is 5.97 Å². The van der Waals surface area contributed by atoms with Crippen LogP contribution < -0.4 is 0 Å². The van der Waals surface area contributed by atoms with Crippen LogP contribution in [0.3, 0.4) is 0 Å². The first-order valence-electron chi connectivity index (χ1n) is 8.87. The quantitative estimate of drug-likeness (QED) is 0.384. The standard InChI is InChI=1S/C18H19N3O7S2/c1-12-3-4-16(29-12)30(26,27)20-7-5-19(6-8-20)17(22)13-9-14(18(23)28-2)11-15(10-13)21(24)25/h3-4,9-11H,5-8H2,1-2H3. The molecule has 0 radical (unpaired) electrons. The first-order valence-corrected chi connectivity index (χ1v) is 11.1. The molecule has 3 rings (SSSR count). The van der Waals surface area contributed by atoms with E-state index in [9.17, 15) is 28.1 Å². The molecule has 0 spiro atoms. The summed E-state index contributed by atoms with van der Waals surface area (Å²) in [6, 6.07) is 6.66. The third-order valence-electron chi connectivity index (χ3n) is 4.63. The Bertz CT molecular complexity index is 1100. The van der Waals surface area contributed by atoms with Gasteiger partial charge in [0.2, 0.25) is 0 Å². The van der Waals surface area contributed by atoms with Gasteiger partial charge in [0, 0.05) is 48.8 Å². The van der Waals surface area contributed by atoms with Crippen LogP contribution in [0.4, 0.5) is 5.69 Å². The average Bonchev–Trinajstić information content (AvgIpc) is 3.19. The van der Waals surface area contributed by atoms with E-state index in [1.807, 2.05) is 6.92 Å². The number of ether oxygens (including phenoxy) is 1. The summed E-state index contributed by atoms with van der Waals surface area (Å²) in [6.45, 7) is 2.27. The normalized spacial score (nSPS) is 15.1. The molecule has 1 aromatic heterocycles. The molecular weight excluding hydrogens is 434 g/mol. The van der Waals surface area contributed by atoms with Gasteiger partial charge in [0.05, 0.1) is 17.6 Å². The lowest BCUT2D eigenvalue weighted by molar-refractivity contribution is -0.384. The SMILES string of the molecule is COC(=O)c1cc(C(=O)N2CCN(S(=O)(=O)c3ccc(C)s3)CC2)cc([N+](=O)[O-])c1. The Labute approximate surface area is 176 Å². The van der Waals surface area contributed by atoms with Crippen molar-refractivity contribution in [1.29, 1.82) is 0 Å². The van der Waals surface area contributed by atoms with E-state index in [-0.39, 0.29) is 41.5 Å². The van der Waals surface area contributed by atoms with Crippen LogP contribution in [-0.2, 0) is 14.8 Å². The first-order chi connectivity index (χ1) is 14.1. The van der Waals surface area contributed by atoms with Crippen molar-refractivity contribution in [1.82, 2.24) is 9.21 Å². The van der Waals surface area contributed by atoms with Gasteiger partial charge in [0.25, 0.3) is 21.6 Å². The van der Waals surface area contributed by atoms with Crippen molar-refractivity contribution in [3.8, 4) is 0 Å². The predicted octanol–water partition coefficient (Wildman–Crippen LogP) is 1.90. The van der Waals surface area contributed by atoms with Crippen molar-refractivity contribution in [2.75, 3.05) is 33.3 Å². The number of piperazine rings is 1. The number of carbonyl (C=O) groups is 2.